The van der Waals surface area contributed by atoms with Crippen LogP contribution < -0.4 is 0 Å². The monoisotopic (exact) mass is 492 g/mol. The molecule has 0 N–H and O–H groups in total. The van der Waals surface area contributed by atoms with Gasteiger partial charge in [-0.2, -0.15) is 0 Å². The Morgan fingerprint density at radius 2 is 1.24 bits per heavy atom. The third kappa shape index (κ3) is 20.9. The van der Waals surface area contributed by atoms with E-state index in [0.717, 1.165) is 31.4 Å². The van der Waals surface area contributed by atoms with Crippen LogP contribution in [-0.4, -0.2) is 43.9 Å². The zero-order valence-electron chi connectivity index (χ0n) is 19.4. The topological polar surface area (TPSA) is 52.6 Å². The minimum absolute atomic E-state index is 0.149. The molecular formula is C23H45AsO4S. The summed E-state index contributed by atoms with van der Waals surface area (Å²) in [5.74, 6) is 0.425. The summed E-state index contributed by atoms with van der Waals surface area (Å²) >= 11 is -0.871. The summed E-state index contributed by atoms with van der Waals surface area (Å²) in [5, 5.41) is 0. The van der Waals surface area contributed by atoms with Gasteiger partial charge in [0.1, 0.15) is 0 Å². The number of hydrogen-bond acceptors (Lipinski definition) is 5. The van der Waals surface area contributed by atoms with E-state index in [4.69, 9.17) is 9.47 Å². The minimum Gasteiger partial charge on any atom is -0.0654 e. The van der Waals surface area contributed by atoms with Gasteiger partial charge in [0, 0.05) is 0 Å². The molecule has 0 heterocycles. The summed E-state index contributed by atoms with van der Waals surface area (Å²) < 4.78 is 11.1. The van der Waals surface area contributed by atoms with Crippen molar-refractivity contribution >= 4 is 35.5 Å². The molecule has 0 aromatic carbocycles. The van der Waals surface area contributed by atoms with Crippen LogP contribution in [0.3, 0.4) is 0 Å². The van der Waals surface area contributed by atoms with Crippen LogP contribution in [0.15, 0.2) is 0 Å². The fourth-order valence-corrected chi connectivity index (χ4v) is 6.50. The van der Waals surface area contributed by atoms with Crippen molar-refractivity contribution in [2.45, 2.75) is 121 Å². The molecule has 0 amide bonds. The molecule has 1 unspecified atom stereocenters. The first kappa shape index (κ1) is 28.8. The van der Waals surface area contributed by atoms with Crippen molar-refractivity contribution in [3.8, 4) is 0 Å². The quantitative estimate of drug-likeness (QED) is 0.105. The average molecular weight is 493 g/mol. The standard InChI is InChI=1S/C23H45AsO4S/c1-5-7-9-11-13-15-17-22(25)27-19-21(20-29-24(3)4)28-23(26)18-16-14-12-10-8-6-2/h21H,5-20H2,1-4H3. The number of rotatable bonds is 20. The average Bonchev–Trinajstić information content (AvgIpc) is 2.69. The van der Waals surface area contributed by atoms with Crippen molar-refractivity contribution in [1.82, 2.24) is 0 Å². The van der Waals surface area contributed by atoms with E-state index in [1.807, 2.05) is 10.0 Å². The summed E-state index contributed by atoms with van der Waals surface area (Å²) in [6, 6.07) is 0. The van der Waals surface area contributed by atoms with Crippen molar-refractivity contribution < 1.29 is 19.1 Å². The van der Waals surface area contributed by atoms with Gasteiger partial charge in [-0.25, -0.2) is 0 Å². The second-order valence-corrected chi connectivity index (χ2v) is 17.4. The second-order valence-electron chi connectivity index (χ2n) is 7.94. The van der Waals surface area contributed by atoms with Gasteiger partial charge < -0.3 is 0 Å². The van der Waals surface area contributed by atoms with Gasteiger partial charge in [0.05, 0.1) is 0 Å². The van der Waals surface area contributed by atoms with Crippen LogP contribution >= 0.6 is 10.0 Å². The van der Waals surface area contributed by atoms with E-state index in [2.05, 4.69) is 25.3 Å². The number of ether oxygens (including phenoxy) is 2. The van der Waals surface area contributed by atoms with Crippen molar-refractivity contribution in [1.29, 1.82) is 0 Å². The molecule has 0 aromatic heterocycles. The SMILES string of the molecule is CCCCCCCCC(=O)OCC(CS[As](C)C)OC(=O)CCCCCCCC. The molecule has 0 fully saturated rings. The van der Waals surface area contributed by atoms with Crippen molar-refractivity contribution in [2.75, 3.05) is 12.4 Å². The predicted octanol–water partition coefficient (Wildman–Crippen LogP) is 6.93. The molecule has 0 aliphatic rings. The van der Waals surface area contributed by atoms with Crippen LogP contribution in [0.2, 0.25) is 11.4 Å². The van der Waals surface area contributed by atoms with Crippen LogP contribution in [0.1, 0.15) is 104 Å². The molecule has 172 valence electrons. The van der Waals surface area contributed by atoms with Crippen molar-refractivity contribution in [3.63, 3.8) is 0 Å². The van der Waals surface area contributed by atoms with E-state index in [0.29, 0.717) is 12.8 Å². The van der Waals surface area contributed by atoms with Crippen molar-refractivity contribution in [2.24, 2.45) is 0 Å². The van der Waals surface area contributed by atoms with Crippen LogP contribution in [0.5, 0.6) is 0 Å². The van der Waals surface area contributed by atoms with E-state index in [1.54, 1.807) is 0 Å². The maximum absolute atomic E-state index is 12.2. The number of carbonyl (C=O) groups is 2. The summed E-state index contributed by atoms with van der Waals surface area (Å²) in [7, 11) is 1.88. The van der Waals surface area contributed by atoms with E-state index in [1.165, 1.54) is 51.4 Å². The molecule has 0 saturated heterocycles. The van der Waals surface area contributed by atoms with Gasteiger partial charge in [-0.15, -0.1) is 0 Å². The van der Waals surface area contributed by atoms with Gasteiger partial charge in [-0.1, -0.05) is 20.3 Å². The van der Waals surface area contributed by atoms with E-state index in [-0.39, 0.29) is 24.6 Å². The predicted molar refractivity (Wildman–Crippen MR) is 127 cm³/mol. The molecule has 0 aliphatic heterocycles. The van der Waals surface area contributed by atoms with E-state index < -0.39 is 13.5 Å². The first-order valence-corrected chi connectivity index (χ1v) is 18.6. The zero-order chi connectivity index (χ0) is 21.7. The molecule has 1 atom stereocenters. The van der Waals surface area contributed by atoms with Gasteiger partial charge in [0.2, 0.25) is 0 Å². The number of unbranched alkanes of at least 4 members (excludes halogenated alkanes) is 10. The molecule has 0 spiro atoms. The van der Waals surface area contributed by atoms with Crippen LogP contribution in [0.4, 0.5) is 0 Å². The zero-order valence-corrected chi connectivity index (χ0v) is 22.1. The Kier molecular flexibility index (Phi) is 21.0. The van der Waals surface area contributed by atoms with E-state index >= 15 is 0 Å². The van der Waals surface area contributed by atoms with Gasteiger partial charge in [0.25, 0.3) is 0 Å². The normalized spacial score (nSPS) is 12.2. The molecule has 6 heteroatoms. The molecule has 0 aromatic rings. The molecular weight excluding hydrogens is 447 g/mol. The Hall–Kier alpha value is -0.152. The Balaban J connectivity index is 4.07. The fraction of sp³-hybridized carbons (Fsp3) is 0.913. The van der Waals surface area contributed by atoms with Gasteiger partial charge in [0.15, 0.2) is 0 Å². The third-order valence-electron chi connectivity index (χ3n) is 4.72. The summed E-state index contributed by atoms with van der Waals surface area (Å²) in [6.45, 7) is 4.61. The smallest absolute Gasteiger partial charge is 0.0654 e. The van der Waals surface area contributed by atoms with Crippen molar-refractivity contribution in [3.05, 3.63) is 0 Å². The maximum atomic E-state index is 12.2. The number of esters is 2. The third-order valence-corrected chi connectivity index (χ3v) is 9.94. The van der Waals surface area contributed by atoms with Gasteiger partial charge in [-0.05, 0) is 0 Å². The van der Waals surface area contributed by atoms with E-state index in [9.17, 15) is 9.59 Å². The number of hydrogen-bond donors (Lipinski definition) is 0. The molecule has 0 rings (SSSR count). The first-order valence-electron chi connectivity index (χ1n) is 11.6. The summed E-state index contributed by atoms with van der Waals surface area (Å²) in [6.07, 6.45) is 14.5. The van der Waals surface area contributed by atoms with Crippen LogP contribution in [-0.2, 0) is 19.1 Å². The molecule has 29 heavy (non-hydrogen) atoms. The Morgan fingerprint density at radius 1 is 0.759 bits per heavy atom. The summed E-state index contributed by atoms with van der Waals surface area (Å²) in [4.78, 5) is 24.2. The molecule has 0 saturated carbocycles. The van der Waals surface area contributed by atoms with Gasteiger partial charge >= 0.3 is 168 Å². The van der Waals surface area contributed by atoms with Crippen LogP contribution in [0.25, 0.3) is 0 Å². The molecule has 4 nitrogen and oxygen atoms in total. The first-order chi connectivity index (χ1) is 14.0. The Bertz CT molecular complexity index is 404. The minimum atomic E-state index is -0.871. The second kappa shape index (κ2) is 21.1. The molecule has 0 bridgehead atoms. The molecule has 0 radical (unpaired) electrons. The van der Waals surface area contributed by atoms with Gasteiger partial charge in [-0.3, -0.25) is 0 Å². The number of carbonyl (C=O) groups excluding carboxylic acids is 2. The Labute approximate surface area is 187 Å². The fourth-order valence-electron chi connectivity index (χ4n) is 2.95. The van der Waals surface area contributed by atoms with Crippen LogP contribution in [0, 0.1) is 0 Å². The molecule has 0 aliphatic carbocycles. The summed E-state index contributed by atoms with van der Waals surface area (Å²) in [5.41, 5.74) is 4.52. The Morgan fingerprint density at radius 3 is 1.76 bits per heavy atom.